The van der Waals surface area contributed by atoms with Crippen molar-refractivity contribution in [2.75, 3.05) is 0 Å². The first-order chi connectivity index (χ1) is 10.5. The van der Waals surface area contributed by atoms with Gasteiger partial charge in [0.2, 0.25) is 0 Å². The number of hydrogen-bond acceptors (Lipinski definition) is 1. The van der Waals surface area contributed by atoms with Gasteiger partial charge in [-0.2, -0.15) is 17.7 Å². The van der Waals surface area contributed by atoms with Crippen molar-refractivity contribution < 1.29 is 51.6 Å². The molecule has 2 aromatic rings. The second-order valence-corrected chi connectivity index (χ2v) is 6.36. The molecule has 0 bridgehead atoms. The molecule has 0 spiro atoms. The largest absolute Gasteiger partial charge is 1.00 e. The van der Waals surface area contributed by atoms with Crippen molar-refractivity contribution in [3.8, 4) is 5.75 Å². The first kappa shape index (κ1) is 26.2. The van der Waals surface area contributed by atoms with Crippen LogP contribution in [0.2, 0.25) is 0 Å². The third-order valence-electron chi connectivity index (χ3n) is 3.49. The molecule has 0 saturated heterocycles. The van der Waals surface area contributed by atoms with Crippen molar-refractivity contribution in [1.82, 2.24) is 0 Å². The van der Waals surface area contributed by atoms with Crippen LogP contribution < -0.4 is 24.8 Å². The summed E-state index contributed by atoms with van der Waals surface area (Å²) in [6.45, 7) is 6.38. The predicted octanol–water partition coefficient (Wildman–Crippen LogP) is -0.472. The Kier molecular flexibility index (Phi) is 13.0. The van der Waals surface area contributed by atoms with E-state index in [9.17, 15) is 5.11 Å². The quantitative estimate of drug-likeness (QED) is 0.498. The Balaban J connectivity index is 0. The first-order valence-corrected chi connectivity index (χ1v) is 7.59. The number of allylic oxidation sites excluding steroid dienone is 4. The average molecular weight is 410 g/mol. The molecule has 0 aromatic heterocycles. The van der Waals surface area contributed by atoms with Gasteiger partial charge in [-0.25, -0.2) is 0 Å². The summed E-state index contributed by atoms with van der Waals surface area (Å²) in [5.41, 5.74) is 3.78. The van der Waals surface area contributed by atoms with Gasteiger partial charge in [-0.15, -0.1) is 23.8 Å². The smallest absolute Gasteiger partial charge is 0.115 e. The maximum absolute atomic E-state index is 9.18. The summed E-state index contributed by atoms with van der Waals surface area (Å²) in [4.78, 5) is 0. The fourth-order valence-electron chi connectivity index (χ4n) is 2.19. The molecule has 2 aromatic carbocycles. The van der Waals surface area contributed by atoms with Crippen LogP contribution in [0, 0.1) is 6.08 Å². The van der Waals surface area contributed by atoms with Crippen LogP contribution in [0.3, 0.4) is 0 Å². The maximum Gasteiger partial charge on any atom is 0.115 e. The van der Waals surface area contributed by atoms with Crippen molar-refractivity contribution in [3.05, 3.63) is 84.0 Å². The van der Waals surface area contributed by atoms with E-state index in [0.29, 0.717) is 5.75 Å². The molecule has 4 heteroatoms. The summed E-state index contributed by atoms with van der Waals surface area (Å²) in [7, 11) is 0. The Morgan fingerprint density at radius 3 is 2.00 bits per heavy atom. The van der Waals surface area contributed by atoms with Crippen LogP contribution >= 0.6 is 0 Å². The Morgan fingerprint density at radius 1 is 0.920 bits per heavy atom. The second kappa shape index (κ2) is 12.4. The molecule has 134 valence electrons. The molecule has 0 atom stereocenters. The fourth-order valence-corrected chi connectivity index (χ4v) is 2.19. The Labute approximate surface area is 179 Å². The Bertz CT molecular complexity index is 674. The third kappa shape index (κ3) is 8.78. The van der Waals surface area contributed by atoms with Crippen LogP contribution in [-0.4, -0.2) is 5.11 Å². The van der Waals surface area contributed by atoms with Crippen LogP contribution in [0.15, 0.2) is 66.7 Å². The number of phenols is 1. The van der Waals surface area contributed by atoms with E-state index >= 15 is 0 Å². The van der Waals surface area contributed by atoms with E-state index in [1.165, 1.54) is 11.1 Å². The van der Waals surface area contributed by atoms with Gasteiger partial charge in [0, 0.05) is 21.7 Å². The number of benzene rings is 2. The zero-order valence-corrected chi connectivity index (χ0v) is 17.8. The van der Waals surface area contributed by atoms with Gasteiger partial charge < -0.3 is 29.9 Å². The second-order valence-electron chi connectivity index (χ2n) is 6.36. The Hall–Kier alpha value is -0.986. The molecule has 25 heavy (non-hydrogen) atoms. The van der Waals surface area contributed by atoms with Gasteiger partial charge in [0.1, 0.15) is 5.75 Å². The molecular weight excluding hydrogens is 387 g/mol. The minimum absolute atomic E-state index is 0. The molecule has 0 aliphatic heterocycles. The molecule has 1 nitrogen and oxygen atoms in total. The monoisotopic (exact) mass is 409 g/mol. The molecule has 1 aliphatic rings. The van der Waals surface area contributed by atoms with E-state index in [1.54, 1.807) is 12.1 Å². The van der Waals surface area contributed by atoms with Crippen LogP contribution in [0.25, 0.3) is 5.57 Å². The van der Waals surface area contributed by atoms with E-state index < -0.39 is 0 Å². The summed E-state index contributed by atoms with van der Waals surface area (Å²) in [6.07, 6.45) is 8.49. The van der Waals surface area contributed by atoms with Crippen LogP contribution in [-0.2, 0) is 27.1 Å². The van der Waals surface area contributed by atoms with Crippen molar-refractivity contribution in [1.29, 1.82) is 0 Å². The SMILES string of the molecule is CC(C)(C)c1cccc(O)c1.[C-]1=C(c2ccccc2)C=CC1.[Cl-].[Cl-].[Ti]. The maximum atomic E-state index is 9.18. The van der Waals surface area contributed by atoms with E-state index in [-0.39, 0.29) is 51.9 Å². The van der Waals surface area contributed by atoms with Gasteiger partial charge >= 0.3 is 0 Å². The zero-order valence-electron chi connectivity index (χ0n) is 14.8. The van der Waals surface area contributed by atoms with E-state index in [1.807, 2.05) is 18.2 Å². The first-order valence-electron chi connectivity index (χ1n) is 7.59. The van der Waals surface area contributed by atoms with Crippen molar-refractivity contribution in [2.24, 2.45) is 0 Å². The number of hydrogen-bond donors (Lipinski definition) is 1. The van der Waals surface area contributed by atoms with E-state index in [0.717, 1.165) is 12.0 Å². The van der Waals surface area contributed by atoms with Crippen LogP contribution in [0.4, 0.5) is 0 Å². The minimum Gasteiger partial charge on any atom is -1.00 e. The molecule has 0 heterocycles. The van der Waals surface area contributed by atoms with Gasteiger partial charge in [0.15, 0.2) is 0 Å². The summed E-state index contributed by atoms with van der Waals surface area (Å²) in [5, 5.41) is 9.18. The third-order valence-corrected chi connectivity index (χ3v) is 3.49. The molecule has 0 saturated carbocycles. The Morgan fingerprint density at radius 2 is 1.56 bits per heavy atom. The van der Waals surface area contributed by atoms with Gasteiger partial charge in [0.05, 0.1) is 0 Å². The molecule has 1 aliphatic carbocycles. The number of aromatic hydroxyl groups is 1. The topological polar surface area (TPSA) is 20.2 Å². The van der Waals surface area contributed by atoms with Gasteiger partial charge in [0.25, 0.3) is 0 Å². The fraction of sp³-hybridized carbons (Fsp3) is 0.238. The summed E-state index contributed by atoms with van der Waals surface area (Å²) < 4.78 is 0. The molecular formula is C21H23Cl2OTi-3. The zero-order chi connectivity index (χ0) is 16.0. The summed E-state index contributed by atoms with van der Waals surface area (Å²) in [6, 6.07) is 17.7. The number of halogens is 2. The molecule has 1 N–H and O–H groups in total. The predicted molar refractivity (Wildman–Crippen MR) is 93.7 cm³/mol. The standard InChI is InChI=1S/C11H9.C10H14O.2ClH.Ti/c1-2-6-10(7-3-1)11-8-4-5-9-11;1-10(2,3)8-5-4-6-9(11)7-8;;;/h1-4,6-8H,5H2;4-7,11H,1-3H3;2*1H;/q-1;;;;/p-2. The van der Waals surface area contributed by atoms with Gasteiger partial charge in [-0.3, -0.25) is 0 Å². The van der Waals surface area contributed by atoms with Gasteiger partial charge in [-0.05, 0) is 23.1 Å². The molecule has 0 fully saturated rings. The van der Waals surface area contributed by atoms with Crippen molar-refractivity contribution >= 4 is 5.57 Å². The number of phenolic OH excluding ortho intramolecular Hbond substituents is 1. The summed E-state index contributed by atoms with van der Waals surface area (Å²) >= 11 is 0. The van der Waals surface area contributed by atoms with Crippen LogP contribution in [0.5, 0.6) is 5.75 Å². The molecule has 0 unspecified atom stereocenters. The average Bonchev–Trinajstić information content (AvgIpc) is 3.02. The van der Waals surface area contributed by atoms with Crippen LogP contribution in [0.1, 0.15) is 38.3 Å². The normalized spacial score (nSPS) is 11.7. The van der Waals surface area contributed by atoms with E-state index in [4.69, 9.17) is 0 Å². The van der Waals surface area contributed by atoms with Gasteiger partial charge in [-0.1, -0.05) is 57.5 Å². The molecule has 3 rings (SSSR count). The molecule has 0 radical (unpaired) electrons. The summed E-state index contributed by atoms with van der Waals surface area (Å²) in [5.74, 6) is 0.345. The van der Waals surface area contributed by atoms with Crippen molar-refractivity contribution in [2.45, 2.75) is 32.6 Å². The van der Waals surface area contributed by atoms with Crippen molar-refractivity contribution in [3.63, 3.8) is 0 Å². The molecule has 0 amide bonds. The number of rotatable bonds is 1. The minimum atomic E-state index is 0. The van der Waals surface area contributed by atoms with E-state index in [2.05, 4.69) is 63.3 Å².